The lowest BCUT2D eigenvalue weighted by Crippen LogP contribution is -2.48. The first-order valence-electron chi connectivity index (χ1n) is 6.53. The van der Waals surface area contributed by atoms with Crippen molar-refractivity contribution in [2.75, 3.05) is 33.4 Å². The molecule has 6 heteroatoms. The average molecular weight is 301 g/mol. The monoisotopic (exact) mass is 300 g/mol. The molecule has 20 heavy (non-hydrogen) atoms. The quantitative estimate of drug-likeness (QED) is 0.843. The standard InChI is InChI=1S/C14H20N2O3.ClH/c1-18-12-5-3-2-4-11(12)6-7-16-14(17)13-10-15-8-9-19-13;/h2-5,13,15H,6-10H2,1H3,(H,16,17);1H. The van der Waals surface area contributed by atoms with Crippen LogP contribution in [-0.4, -0.2) is 45.4 Å². The van der Waals surface area contributed by atoms with E-state index in [1.54, 1.807) is 7.11 Å². The van der Waals surface area contributed by atoms with Crippen LogP contribution < -0.4 is 15.4 Å². The Hall–Kier alpha value is -1.30. The fraction of sp³-hybridized carbons (Fsp3) is 0.500. The zero-order valence-electron chi connectivity index (χ0n) is 11.6. The van der Waals surface area contributed by atoms with Crippen LogP contribution in [-0.2, 0) is 16.0 Å². The molecule has 1 fully saturated rings. The predicted octanol–water partition coefficient (Wildman–Crippen LogP) is 0.764. The molecule has 1 heterocycles. The van der Waals surface area contributed by atoms with Gasteiger partial charge in [0.15, 0.2) is 0 Å². The van der Waals surface area contributed by atoms with Crippen LogP contribution in [0.15, 0.2) is 24.3 Å². The number of carbonyl (C=O) groups is 1. The van der Waals surface area contributed by atoms with Gasteiger partial charge in [-0.15, -0.1) is 12.4 Å². The number of para-hydroxylation sites is 1. The molecule has 1 amide bonds. The Bertz CT molecular complexity index is 423. The topological polar surface area (TPSA) is 59.6 Å². The van der Waals surface area contributed by atoms with Crippen molar-refractivity contribution in [2.45, 2.75) is 12.5 Å². The predicted molar refractivity (Wildman–Crippen MR) is 79.6 cm³/mol. The van der Waals surface area contributed by atoms with Crippen molar-refractivity contribution in [1.29, 1.82) is 0 Å². The number of halogens is 1. The van der Waals surface area contributed by atoms with E-state index >= 15 is 0 Å². The van der Waals surface area contributed by atoms with E-state index in [0.717, 1.165) is 24.3 Å². The zero-order chi connectivity index (χ0) is 13.5. The molecule has 0 aromatic heterocycles. The number of morpholine rings is 1. The SMILES string of the molecule is COc1ccccc1CCNC(=O)C1CNCCO1.Cl. The first-order chi connectivity index (χ1) is 9.31. The highest BCUT2D eigenvalue weighted by molar-refractivity contribution is 5.85. The van der Waals surface area contributed by atoms with Gasteiger partial charge >= 0.3 is 0 Å². The molecule has 0 radical (unpaired) electrons. The van der Waals surface area contributed by atoms with Crippen molar-refractivity contribution in [2.24, 2.45) is 0 Å². The maximum atomic E-state index is 11.8. The lowest BCUT2D eigenvalue weighted by atomic mass is 10.1. The number of methoxy groups -OCH3 is 1. The van der Waals surface area contributed by atoms with Crippen molar-refractivity contribution in [1.82, 2.24) is 10.6 Å². The maximum Gasteiger partial charge on any atom is 0.250 e. The van der Waals surface area contributed by atoms with Crippen molar-refractivity contribution >= 4 is 18.3 Å². The molecule has 1 aliphatic rings. The first-order valence-corrected chi connectivity index (χ1v) is 6.53. The zero-order valence-corrected chi connectivity index (χ0v) is 12.4. The van der Waals surface area contributed by atoms with Gasteiger partial charge in [-0.25, -0.2) is 0 Å². The Balaban J connectivity index is 0.00000200. The van der Waals surface area contributed by atoms with E-state index in [2.05, 4.69) is 10.6 Å². The second-order valence-electron chi connectivity index (χ2n) is 4.42. The molecule has 5 nitrogen and oxygen atoms in total. The molecular formula is C14H21ClN2O3. The highest BCUT2D eigenvalue weighted by Crippen LogP contribution is 2.17. The minimum atomic E-state index is -0.369. The molecule has 1 atom stereocenters. The van der Waals surface area contributed by atoms with Crippen LogP contribution in [0, 0.1) is 0 Å². The molecule has 1 aliphatic heterocycles. The fourth-order valence-corrected chi connectivity index (χ4v) is 2.08. The summed E-state index contributed by atoms with van der Waals surface area (Å²) in [5.41, 5.74) is 1.09. The third-order valence-electron chi connectivity index (χ3n) is 3.11. The lowest BCUT2D eigenvalue weighted by molar-refractivity contribution is -0.134. The van der Waals surface area contributed by atoms with Gasteiger partial charge in [0.05, 0.1) is 13.7 Å². The van der Waals surface area contributed by atoms with Crippen LogP contribution in [0.25, 0.3) is 0 Å². The van der Waals surface area contributed by atoms with Crippen molar-refractivity contribution in [3.8, 4) is 5.75 Å². The van der Waals surface area contributed by atoms with Gasteiger partial charge in [0.25, 0.3) is 0 Å². The van der Waals surface area contributed by atoms with Crippen LogP contribution in [0.3, 0.4) is 0 Å². The van der Waals surface area contributed by atoms with E-state index in [9.17, 15) is 4.79 Å². The van der Waals surface area contributed by atoms with Crippen molar-refractivity contribution < 1.29 is 14.3 Å². The van der Waals surface area contributed by atoms with Crippen LogP contribution >= 0.6 is 12.4 Å². The number of rotatable bonds is 5. The Morgan fingerprint density at radius 1 is 1.50 bits per heavy atom. The summed E-state index contributed by atoms with van der Waals surface area (Å²) in [6, 6.07) is 7.82. The largest absolute Gasteiger partial charge is 0.496 e. The highest BCUT2D eigenvalue weighted by atomic mass is 35.5. The molecular weight excluding hydrogens is 280 g/mol. The summed E-state index contributed by atoms with van der Waals surface area (Å²) in [6.07, 6.45) is 0.377. The summed E-state index contributed by atoms with van der Waals surface area (Å²) in [6.45, 7) is 2.56. The summed E-state index contributed by atoms with van der Waals surface area (Å²) in [5, 5.41) is 6.03. The number of hydrogen-bond donors (Lipinski definition) is 2. The minimum Gasteiger partial charge on any atom is -0.496 e. The number of ether oxygens (including phenoxy) is 2. The van der Waals surface area contributed by atoms with E-state index in [1.165, 1.54) is 0 Å². The number of nitrogens with one attached hydrogen (secondary N) is 2. The minimum absolute atomic E-state index is 0. The fourth-order valence-electron chi connectivity index (χ4n) is 2.08. The Labute approximate surface area is 125 Å². The maximum absolute atomic E-state index is 11.8. The van der Waals surface area contributed by atoms with Crippen molar-refractivity contribution in [3.05, 3.63) is 29.8 Å². The molecule has 0 saturated carbocycles. The second kappa shape index (κ2) is 8.79. The average Bonchev–Trinajstić information content (AvgIpc) is 2.48. The molecule has 2 N–H and O–H groups in total. The summed E-state index contributed by atoms with van der Waals surface area (Å²) < 4.78 is 10.7. The van der Waals surface area contributed by atoms with Crippen LogP contribution in [0.1, 0.15) is 5.56 Å². The Morgan fingerprint density at radius 3 is 3.00 bits per heavy atom. The molecule has 1 unspecified atom stereocenters. The summed E-state index contributed by atoms with van der Waals surface area (Å²) >= 11 is 0. The molecule has 0 spiro atoms. The first kappa shape index (κ1) is 16.8. The van der Waals surface area contributed by atoms with Gasteiger partial charge < -0.3 is 20.1 Å². The number of carbonyl (C=O) groups excluding carboxylic acids is 1. The number of amides is 1. The molecule has 2 rings (SSSR count). The van der Waals surface area contributed by atoms with Crippen LogP contribution in [0.2, 0.25) is 0 Å². The van der Waals surface area contributed by atoms with Gasteiger partial charge in [-0.05, 0) is 18.1 Å². The molecule has 1 aromatic rings. The summed E-state index contributed by atoms with van der Waals surface area (Å²) in [5.74, 6) is 0.800. The third-order valence-corrected chi connectivity index (χ3v) is 3.11. The van der Waals surface area contributed by atoms with E-state index in [4.69, 9.17) is 9.47 Å². The van der Waals surface area contributed by atoms with E-state index in [-0.39, 0.29) is 24.4 Å². The van der Waals surface area contributed by atoms with Crippen LogP contribution in [0.5, 0.6) is 5.75 Å². The smallest absolute Gasteiger partial charge is 0.250 e. The van der Waals surface area contributed by atoms with Gasteiger partial charge in [0, 0.05) is 19.6 Å². The molecule has 0 bridgehead atoms. The Morgan fingerprint density at radius 2 is 2.30 bits per heavy atom. The number of hydrogen-bond acceptors (Lipinski definition) is 4. The van der Waals surface area contributed by atoms with Gasteiger partial charge in [-0.1, -0.05) is 18.2 Å². The number of benzene rings is 1. The third kappa shape index (κ3) is 4.67. The van der Waals surface area contributed by atoms with E-state index < -0.39 is 0 Å². The lowest BCUT2D eigenvalue weighted by Gasteiger charge is -2.22. The van der Waals surface area contributed by atoms with Gasteiger partial charge in [-0.3, -0.25) is 4.79 Å². The van der Waals surface area contributed by atoms with Crippen molar-refractivity contribution in [3.63, 3.8) is 0 Å². The summed E-state index contributed by atoms with van der Waals surface area (Å²) in [4.78, 5) is 11.8. The van der Waals surface area contributed by atoms with Crippen LogP contribution in [0.4, 0.5) is 0 Å². The molecule has 0 aliphatic carbocycles. The van der Waals surface area contributed by atoms with Gasteiger partial charge in [-0.2, -0.15) is 0 Å². The highest BCUT2D eigenvalue weighted by Gasteiger charge is 2.20. The van der Waals surface area contributed by atoms with E-state index in [0.29, 0.717) is 19.7 Å². The molecule has 1 aromatic carbocycles. The summed E-state index contributed by atoms with van der Waals surface area (Å²) in [7, 11) is 1.65. The molecule has 1 saturated heterocycles. The Kier molecular flexibility index (Phi) is 7.36. The molecule has 112 valence electrons. The second-order valence-corrected chi connectivity index (χ2v) is 4.42. The normalized spacial score (nSPS) is 17.9. The van der Waals surface area contributed by atoms with Gasteiger partial charge in [0.2, 0.25) is 5.91 Å². The van der Waals surface area contributed by atoms with Gasteiger partial charge in [0.1, 0.15) is 11.9 Å². The van der Waals surface area contributed by atoms with E-state index in [1.807, 2.05) is 24.3 Å².